The fourth-order valence-corrected chi connectivity index (χ4v) is 4.37. The zero-order chi connectivity index (χ0) is 26.8. The molecule has 0 aliphatic carbocycles. The van der Waals surface area contributed by atoms with Gasteiger partial charge < -0.3 is 35.2 Å². The van der Waals surface area contributed by atoms with Crippen LogP contribution in [0.1, 0.15) is 30.6 Å². The van der Waals surface area contributed by atoms with E-state index in [0.29, 0.717) is 19.5 Å². The molecule has 3 N–H and O–H groups in total. The molecule has 1 aromatic rings. The standard InChI is InChI=1S/C25H36FN5O6/c1-17(2)29-20-7-10-31-21(32)15-30(11-8-27-24(34)18-3-5-19(26)6-4-18)22(33)16-37-14-13-36-12-9-28-25(35)23(20)31/h3-6,17,20,23,29H,7-16H2,1-2H3,(H,27,34)(H,28,35)/t20-,23+/m1/s1. The second kappa shape index (κ2) is 14.0. The Morgan fingerprint density at radius 1 is 1.11 bits per heavy atom. The quantitative estimate of drug-likeness (QED) is 0.461. The maximum Gasteiger partial charge on any atom is 0.251 e. The predicted octanol–water partition coefficient (Wildman–Crippen LogP) is -0.485. The molecule has 2 atom stereocenters. The molecule has 2 heterocycles. The Labute approximate surface area is 216 Å². The highest BCUT2D eigenvalue weighted by atomic mass is 19.1. The monoisotopic (exact) mass is 521 g/mol. The summed E-state index contributed by atoms with van der Waals surface area (Å²) in [6.45, 7) is 4.95. The summed E-state index contributed by atoms with van der Waals surface area (Å²) >= 11 is 0. The lowest BCUT2D eigenvalue weighted by Crippen LogP contribution is -2.57. The van der Waals surface area contributed by atoms with Crippen molar-refractivity contribution in [2.75, 3.05) is 59.2 Å². The van der Waals surface area contributed by atoms with Crippen LogP contribution in [-0.2, 0) is 23.9 Å². The van der Waals surface area contributed by atoms with Gasteiger partial charge in [0.1, 0.15) is 18.5 Å². The number of hydrogen-bond donors (Lipinski definition) is 3. The van der Waals surface area contributed by atoms with Gasteiger partial charge >= 0.3 is 0 Å². The van der Waals surface area contributed by atoms with Crippen molar-refractivity contribution in [2.45, 2.75) is 38.4 Å². The second-order valence-corrected chi connectivity index (χ2v) is 9.28. The van der Waals surface area contributed by atoms with Crippen molar-refractivity contribution in [3.8, 4) is 0 Å². The molecule has 37 heavy (non-hydrogen) atoms. The SMILES string of the molecule is CC(C)N[C@@H]1CCN2C(=O)CN(CCNC(=O)c3ccc(F)cc3)C(=O)COCCOCCNC(=O)[C@H]12. The van der Waals surface area contributed by atoms with Gasteiger partial charge in [-0.1, -0.05) is 13.8 Å². The van der Waals surface area contributed by atoms with Crippen molar-refractivity contribution in [1.82, 2.24) is 25.8 Å². The average molecular weight is 522 g/mol. The van der Waals surface area contributed by atoms with Crippen molar-refractivity contribution in [3.63, 3.8) is 0 Å². The molecule has 0 saturated carbocycles. The van der Waals surface area contributed by atoms with Gasteiger partial charge in [-0.25, -0.2) is 4.39 Å². The van der Waals surface area contributed by atoms with E-state index in [1.54, 1.807) is 0 Å². The Morgan fingerprint density at radius 2 is 1.84 bits per heavy atom. The lowest BCUT2D eigenvalue weighted by Gasteiger charge is -2.31. The second-order valence-electron chi connectivity index (χ2n) is 9.28. The first-order valence-corrected chi connectivity index (χ1v) is 12.6. The average Bonchev–Trinajstić information content (AvgIpc) is 3.27. The molecular formula is C25H36FN5O6. The largest absolute Gasteiger partial charge is 0.377 e. The Morgan fingerprint density at radius 3 is 2.57 bits per heavy atom. The highest BCUT2D eigenvalue weighted by molar-refractivity contribution is 5.94. The highest BCUT2D eigenvalue weighted by Crippen LogP contribution is 2.20. The smallest absolute Gasteiger partial charge is 0.251 e. The number of nitrogens with zero attached hydrogens (tertiary/aromatic N) is 2. The molecule has 2 aliphatic heterocycles. The van der Waals surface area contributed by atoms with Crippen molar-refractivity contribution in [1.29, 1.82) is 0 Å². The number of halogens is 1. The van der Waals surface area contributed by atoms with Gasteiger partial charge in [0.05, 0.1) is 26.4 Å². The van der Waals surface area contributed by atoms with Crippen LogP contribution < -0.4 is 16.0 Å². The van der Waals surface area contributed by atoms with E-state index >= 15 is 0 Å². The van der Waals surface area contributed by atoms with E-state index in [9.17, 15) is 23.6 Å². The minimum atomic E-state index is -0.716. The zero-order valence-electron chi connectivity index (χ0n) is 21.3. The van der Waals surface area contributed by atoms with Crippen molar-refractivity contribution >= 4 is 23.6 Å². The summed E-state index contributed by atoms with van der Waals surface area (Å²) in [6, 6.07) is 4.28. The molecule has 0 bridgehead atoms. The fraction of sp³-hybridized carbons (Fsp3) is 0.600. The number of amides is 4. The lowest BCUT2D eigenvalue weighted by molar-refractivity contribution is -0.145. The lowest BCUT2D eigenvalue weighted by atomic mass is 10.1. The first-order valence-electron chi connectivity index (χ1n) is 12.6. The zero-order valence-corrected chi connectivity index (χ0v) is 21.3. The summed E-state index contributed by atoms with van der Waals surface area (Å²) in [5.41, 5.74) is 0.277. The van der Waals surface area contributed by atoms with Gasteiger partial charge in [0.15, 0.2) is 0 Å². The summed E-state index contributed by atoms with van der Waals surface area (Å²) in [4.78, 5) is 54.5. The third-order valence-electron chi connectivity index (χ3n) is 6.13. The molecule has 12 heteroatoms. The molecule has 2 aliphatic rings. The van der Waals surface area contributed by atoms with Gasteiger partial charge in [0.25, 0.3) is 5.91 Å². The third-order valence-corrected chi connectivity index (χ3v) is 6.13. The minimum Gasteiger partial charge on any atom is -0.377 e. The van der Waals surface area contributed by atoms with Gasteiger partial charge in [-0.2, -0.15) is 0 Å². The number of nitrogens with one attached hydrogen (secondary N) is 3. The van der Waals surface area contributed by atoms with Crippen molar-refractivity contribution in [3.05, 3.63) is 35.6 Å². The summed E-state index contributed by atoms with van der Waals surface area (Å²) in [6.07, 6.45) is 0.600. The number of hydrogen-bond acceptors (Lipinski definition) is 7. The van der Waals surface area contributed by atoms with Crippen LogP contribution in [0.2, 0.25) is 0 Å². The van der Waals surface area contributed by atoms with Crippen LogP contribution in [0, 0.1) is 5.82 Å². The molecule has 1 aromatic carbocycles. The number of benzene rings is 1. The van der Waals surface area contributed by atoms with E-state index in [1.807, 2.05) is 13.8 Å². The molecule has 3 rings (SSSR count). The van der Waals surface area contributed by atoms with Crippen molar-refractivity contribution < 1.29 is 33.0 Å². The van der Waals surface area contributed by atoms with Gasteiger partial charge in [-0.05, 0) is 30.7 Å². The van der Waals surface area contributed by atoms with E-state index in [-0.39, 0.29) is 75.5 Å². The number of ether oxygens (including phenoxy) is 2. The highest BCUT2D eigenvalue weighted by Gasteiger charge is 2.42. The predicted molar refractivity (Wildman–Crippen MR) is 132 cm³/mol. The molecule has 0 spiro atoms. The normalized spacial score (nSPS) is 22.3. The van der Waals surface area contributed by atoms with Gasteiger partial charge in [-0.15, -0.1) is 0 Å². The molecule has 0 unspecified atom stereocenters. The van der Waals surface area contributed by atoms with Gasteiger partial charge in [-0.3, -0.25) is 19.2 Å². The van der Waals surface area contributed by atoms with E-state index in [4.69, 9.17) is 9.47 Å². The Kier molecular flexibility index (Phi) is 10.8. The molecule has 204 valence electrons. The molecule has 4 amide bonds. The third kappa shape index (κ3) is 8.48. The first-order chi connectivity index (χ1) is 17.8. The number of fused-ring (bicyclic) bond motifs is 1. The van der Waals surface area contributed by atoms with Gasteiger partial charge in [0, 0.05) is 43.8 Å². The summed E-state index contributed by atoms with van der Waals surface area (Å²) in [5, 5.41) is 8.89. The van der Waals surface area contributed by atoms with E-state index < -0.39 is 23.7 Å². The van der Waals surface area contributed by atoms with E-state index in [0.717, 1.165) is 0 Å². The molecule has 2 saturated heterocycles. The molecule has 11 nitrogen and oxygen atoms in total. The number of carbonyl (C=O) groups excluding carboxylic acids is 4. The Bertz CT molecular complexity index is 944. The van der Waals surface area contributed by atoms with Gasteiger partial charge in [0.2, 0.25) is 17.7 Å². The summed E-state index contributed by atoms with van der Waals surface area (Å²) in [5.74, 6) is -1.94. The first kappa shape index (κ1) is 28.5. The minimum absolute atomic E-state index is 0.0513. The van der Waals surface area contributed by atoms with Crippen LogP contribution in [0.25, 0.3) is 0 Å². The van der Waals surface area contributed by atoms with Crippen molar-refractivity contribution in [2.24, 2.45) is 0 Å². The molecule has 0 aromatic heterocycles. The molecular weight excluding hydrogens is 485 g/mol. The van der Waals surface area contributed by atoms with Crippen LogP contribution in [0.5, 0.6) is 0 Å². The topological polar surface area (TPSA) is 129 Å². The Hall–Kier alpha value is -3.09. The van der Waals surface area contributed by atoms with Crippen LogP contribution in [0.3, 0.4) is 0 Å². The maximum absolute atomic E-state index is 13.4. The fourth-order valence-electron chi connectivity index (χ4n) is 4.37. The van der Waals surface area contributed by atoms with Crippen LogP contribution >= 0.6 is 0 Å². The van der Waals surface area contributed by atoms with E-state index in [2.05, 4.69) is 16.0 Å². The number of carbonyl (C=O) groups is 4. The maximum atomic E-state index is 13.4. The molecule has 0 radical (unpaired) electrons. The van der Waals surface area contributed by atoms with Crippen LogP contribution in [0.15, 0.2) is 24.3 Å². The summed E-state index contributed by atoms with van der Waals surface area (Å²) in [7, 11) is 0. The summed E-state index contributed by atoms with van der Waals surface area (Å²) < 4.78 is 24.0. The van der Waals surface area contributed by atoms with Crippen LogP contribution in [0.4, 0.5) is 4.39 Å². The van der Waals surface area contributed by atoms with E-state index in [1.165, 1.54) is 34.1 Å². The molecule has 2 fully saturated rings. The Balaban J connectivity index is 1.70. The van der Waals surface area contributed by atoms with Crippen LogP contribution in [-0.4, -0.2) is 111 Å². The number of rotatable bonds is 6.